The van der Waals surface area contributed by atoms with Crippen molar-refractivity contribution in [2.75, 3.05) is 13.6 Å². The number of aromatic nitrogens is 2. The van der Waals surface area contributed by atoms with E-state index in [-0.39, 0.29) is 17.8 Å². The highest BCUT2D eigenvalue weighted by Gasteiger charge is 2.19. The van der Waals surface area contributed by atoms with Gasteiger partial charge in [0.25, 0.3) is 0 Å². The third kappa shape index (κ3) is 2.66. The van der Waals surface area contributed by atoms with E-state index < -0.39 is 0 Å². The van der Waals surface area contributed by atoms with E-state index in [9.17, 15) is 4.79 Å². The Morgan fingerprint density at radius 2 is 2.20 bits per heavy atom. The maximum atomic E-state index is 12.2. The molecule has 4 nitrogen and oxygen atoms in total. The predicted molar refractivity (Wildman–Crippen MR) is 82.0 cm³/mol. The number of amides is 1. The van der Waals surface area contributed by atoms with E-state index in [1.54, 1.807) is 11.9 Å². The van der Waals surface area contributed by atoms with Crippen molar-refractivity contribution in [2.24, 2.45) is 0 Å². The summed E-state index contributed by atoms with van der Waals surface area (Å²) in [4.78, 5) is 18.5. The van der Waals surface area contributed by atoms with Gasteiger partial charge in [-0.3, -0.25) is 4.79 Å². The van der Waals surface area contributed by atoms with Crippen LogP contribution in [0, 0.1) is 6.92 Å². The van der Waals surface area contributed by atoms with Crippen molar-refractivity contribution >= 4 is 28.5 Å². The molecule has 20 heavy (non-hydrogen) atoms. The lowest BCUT2D eigenvalue weighted by atomic mass is 10.2. The van der Waals surface area contributed by atoms with Crippen LogP contribution in [0.4, 0.5) is 0 Å². The highest BCUT2D eigenvalue weighted by atomic mass is 35.5. The molecule has 0 radical (unpaired) electrons. The van der Waals surface area contributed by atoms with Crippen LogP contribution in [0.1, 0.15) is 30.6 Å². The predicted octanol–water partition coefficient (Wildman–Crippen LogP) is 3.12. The molecular formula is C15H20ClN3O. The Bertz CT molecular complexity index is 633. The number of halogens is 1. The summed E-state index contributed by atoms with van der Waals surface area (Å²) in [6, 6.07) is 5.98. The third-order valence-electron chi connectivity index (χ3n) is 3.56. The van der Waals surface area contributed by atoms with Gasteiger partial charge >= 0.3 is 0 Å². The van der Waals surface area contributed by atoms with Gasteiger partial charge in [0.15, 0.2) is 0 Å². The average molecular weight is 294 g/mol. The minimum Gasteiger partial charge on any atom is -0.344 e. The first kappa shape index (κ1) is 14.9. The highest BCUT2D eigenvalue weighted by Crippen LogP contribution is 2.26. The molecule has 1 aromatic carbocycles. The molecule has 0 saturated heterocycles. The second kappa shape index (κ2) is 5.83. The van der Waals surface area contributed by atoms with Gasteiger partial charge in [0.05, 0.1) is 16.4 Å². The van der Waals surface area contributed by atoms with Crippen LogP contribution in [0.3, 0.4) is 0 Å². The second-order valence-electron chi connectivity index (χ2n) is 5.02. The van der Waals surface area contributed by atoms with E-state index in [0.717, 1.165) is 22.4 Å². The van der Waals surface area contributed by atoms with Crippen LogP contribution >= 0.6 is 11.6 Å². The van der Waals surface area contributed by atoms with Crippen LogP contribution in [-0.2, 0) is 11.3 Å². The number of aryl methyl sites for hydroxylation is 1. The van der Waals surface area contributed by atoms with E-state index >= 15 is 0 Å². The summed E-state index contributed by atoms with van der Waals surface area (Å²) < 4.78 is 1.93. The first-order valence-electron chi connectivity index (χ1n) is 6.79. The van der Waals surface area contributed by atoms with Gasteiger partial charge in [0.2, 0.25) is 5.91 Å². The van der Waals surface area contributed by atoms with Crippen molar-refractivity contribution in [3.63, 3.8) is 0 Å². The van der Waals surface area contributed by atoms with Crippen molar-refractivity contribution < 1.29 is 4.79 Å². The number of alkyl halides is 1. The molecule has 5 heteroatoms. The summed E-state index contributed by atoms with van der Waals surface area (Å²) >= 11 is 6.22. The van der Waals surface area contributed by atoms with Crippen molar-refractivity contribution in [1.82, 2.24) is 14.5 Å². The Balaban J connectivity index is 2.52. The van der Waals surface area contributed by atoms with Crippen LogP contribution < -0.4 is 0 Å². The Morgan fingerprint density at radius 1 is 1.50 bits per heavy atom. The number of fused-ring (bicyclic) bond motifs is 1. The molecule has 1 heterocycles. The summed E-state index contributed by atoms with van der Waals surface area (Å²) in [5, 5.41) is -0.235. The van der Waals surface area contributed by atoms with Gasteiger partial charge in [-0.15, -0.1) is 11.6 Å². The fourth-order valence-corrected chi connectivity index (χ4v) is 2.37. The van der Waals surface area contributed by atoms with Gasteiger partial charge in [-0.2, -0.15) is 0 Å². The quantitative estimate of drug-likeness (QED) is 0.812. The molecule has 2 rings (SSSR count). The fourth-order valence-electron chi connectivity index (χ4n) is 2.21. The maximum Gasteiger partial charge on any atom is 0.242 e. The highest BCUT2D eigenvalue weighted by molar-refractivity contribution is 6.20. The maximum absolute atomic E-state index is 12.2. The van der Waals surface area contributed by atoms with Crippen molar-refractivity contribution in [3.8, 4) is 0 Å². The zero-order chi connectivity index (χ0) is 14.9. The largest absolute Gasteiger partial charge is 0.344 e. The van der Waals surface area contributed by atoms with Crippen LogP contribution in [0.15, 0.2) is 18.2 Å². The van der Waals surface area contributed by atoms with E-state index in [4.69, 9.17) is 11.6 Å². The Hall–Kier alpha value is -1.55. The summed E-state index contributed by atoms with van der Waals surface area (Å²) in [6.45, 7) is 6.82. The van der Waals surface area contributed by atoms with Gasteiger partial charge in [0.1, 0.15) is 12.4 Å². The van der Waals surface area contributed by atoms with E-state index in [0.29, 0.717) is 6.54 Å². The number of benzene rings is 1. The summed E-state index contributed by atoms with van der Waals surface area (Å²) in [5.74, 6) is 0.806. The minimum atomic E-state index is -0.235. The monoisotopic (exact) mass is 293 g/mol. The number of hydrogen-bond donors (Lipinski definition) is 0. The van der Waals surface area contributed by atoms with Gasteiger partial charge in [0, 0.05) is 13.6 Å². The Kier molecular flexibility index (Phi) is 4.33. The summed E-state index contributed by atoms with van der Waals surface area (Å²) in [5.41, 5.74) is 2.98. The molecule has 108 valence electrons. The molecule has 0 bridgehead atoms. The number of nitrogens with zero attached hydrogens (tertiary/aromatic N) is 3. The van der Waals surface area contributed by atoms with Gasteiger partial charge in [-0.1, -0.05) is 12.1 Å². The molecule has 2 aromatic rings. The molecule has 0 saturated carbocycles. The van der Waals surface area contributed by atoms with Crippen molar-refractivity contribution in [1.29, 1.82) is 0 Å². The topological polar surface area (TPSA) is 38.1 Å². The van der Waals surface area contributed by atoms with E-state index in [1.165, 1.54) is 0 Å². The average Bonchev–Trinajstić information content (AvgIpc) is 2.78. The number of hydrogen-bond acceptors (Lipinski definition) is 2. The van der Waals surface area contributed by atoms with Crippen molar-refractivity contribution in [2.45, 2.75) is 32.7 Å². The number of imidazole rings is 1. The molecule has 0 aliphatic carbocycles. The second-order valence-corrected chi connectivity index (χ2v) is 5.68. The zero-order valence-corrected chi connectivity index (χ0v) is 13.1. The zero-order valence-electron chi connectivity index (χ0n) is 12.4. The van der Waals surface area contributed by atoms with Crippen LogP contribution in [-0.4, -0.2) is 34.0 Å². The molecular weight excluding hydrogens is 274 g/mol. The summed E-state index contributed by atoms with van der Waals surface area (Å²) in [7, 11) is 1.80. The van der Waals surface area contributed by atoms with Crippen LogP contribution in [0.2, 0.25) is 0 Å². The lowest BCUT2D eigenvalue weighted by Crippen LogP contribution is -2.30. The number of carbonyl (C=O) groups excluding carboxylic acids is 1. The molecule has 0 fully saturated rings. The molecule has 0 N–H and O–H groups in total. The lowest BCUT2D eigenvalue weighted by Gasteiger charge is -2.17. The standard InChI is InChI=1S/C15H20ClN3O/c1-5-18(4)13(20)9-19-12-8-6-7-10(2)14(12)17-15(19)11(3)16/h6-8,11H,5,9H2,1-4H3. The van der Waals surface area contributed by atoms with Crippen molar-refractivity contribution in [3.05, 3.63) is 29.6 Å². The Morgan fingerprint density at radius 3 is 2.80 bits per heavy atom. The first-order chi connectivity index (χ1) is 9.45. The van der Waals surface area contributed by atoms with Crippen LogP contribution in [0.25, 0.3) is 11.0 Å². The molecule has 1 unspecified atom stereocenters. The number of rotatable bonds is 4. The van der Waals surface area contributed by atoms with Crippen LogP contribution in [0.5, 0.6) is 0 Å². The minimum absolute atomic E-state index is 0.0619. The lowest BCUT2D eigenvalue weighted by molar-refractivity contribution is -0.130. The number of para-hydroxylation sites is 1. The van der Waals surface area contributed by atoms with Gasteiger partial charge in [-0.25, -0.2) is 4.98 Å². The molecule has 1 amide bonds. The van der Waals surface area contributed by atoms with E-state index in [2.05, 4.69) is 4.98 Å². The Labute approximate surface area is 124 Å². The fraction of sp³-hybridized carbons (Fsp3) is 0.467. The van der Waals surface area contributed by atoms with Gasteiger partial charge in [-0.05, 0) is 32.4 Å². The normalized spacial score (nSPS) is 12.7. The first-order valence-corrected chi connectivity index (χ1v) is 7.23. The molecule has 1 aromatic heterocycles. The molecule has 1 atom stereocenters. The van der Waals surface area contributed by atoms with Gasteiger partial charge < -0.3 is 9.47 Å². The molecule has 0 aliphatic rings. The smallest absolute Gasteiger partial charge is 0.242 e. The SMILES string of the molecule is CCN(C)C(=O)Cn1c(C(C)Cl)nc2c(C)cccc21. The molecule has 0 aliphatic heterocycles. The number of likely N-dealkylation sites (N-methyl/N-ethyl adjacent to an activating group) is 1. The summed E-state index contributed by atoms with van der Waals surface area (Å²) in [6.07, 6.45) is 0. The number of carbonyl (C=O) groups is 1. The van der Waals surface area contributed by atoms with E-state index in [1.807, 2.05) is 43.5 Å². The third-order valence-corrected chi connectivity index (χ3v) is 3.75. The molecule has 0 spiro atoms.